The molecule has 39 heavy (non-hydrogen) atoms. The predicted molar refractivity (Wildman–Crippen MR) is 158 cm³/mol. The third-order valence-corrected chi connectivity index (χ3v) is 7.83. The number of benzene rings is 5. The molecule has 0 spiro atoms. The Morgan fingerprint density at radius 2 is 1.23 bits per heavy atom. The number of nitrogens with zero attached hydrogens (tertiary/aromatic N) is 4. The van der Waals surface area contributed by atoms with Gasteiger partial charge in [0.15, 0.2) is 0 Å². The van der Waals surface area contributed by atoms with Crippen LogP contribution in [-0.2, 0) is 0 Å². The van der Waals surface area contributed by atoms with Gasteiger partial charge < -0.3 is 13.6 Å². The van der Waals surface area contributed by atoms with Crippen molar-refractivity contribution in [3.8, 4) is 11.4 Å². The summed E-state index contributed by atoms with van der Waals surface area (Å²) in [4.78, 5) is 8.88. The van der Waals surface area contributed by atoms with E-state index in [1.54, 1.807) is 12.4 Å². The Morgan fingerprint density at radius 1 is 0.513 bits per heavy atom. The van der Waals surface area contributed by atoms with E-state index in [-0.39, 0.29) is 0 Å². The molecule has 0 saturated heterocycles. The molecule has 0 aliphatic heterocycles. The highest BCUT2D eigenvalue weighted by Gasteiger charge is 2.21. The van der Waals surface area contributed by atoms with Gasteiger partial charge in [-0.15, -0.1) is 0 Å². The van der Waals surface area contributed by atoms with Crippen LogP contribution in [0.5, 0.6) is 0 Å². The van der Waals surface area contributed by atoms with E-state index in [2.05, 4.69) is 128 Å². The molecule has 5 nitrogen and oxygen atoms in total. The highest BCUT2D eigenvalue weighted by molar-refractivity contribution is 6.26. The van der Waals surface area contributed by atoms with Gasteiger partial charge in [-0.2, -0.15) is 0 Å². The van der Waals surface area contributed by atoms with Gasteiger partial charge in [0.25, 0.3) is 0 Å². The summed E-state index contributed by atoms with van der Waals surface area (Å²) in [5, 5.41) is 5.87. The van der Waals surface area contributed by atoms with Crippen molar-refractivity contribution in [2.75, 3.05) is 0 Å². The maximum Gasteiger partial charge on any atom is 0.246 e. The standard InChI is InChI=1S/C34H20N4O/c1-2-8-21(9-3-1)37-28-13-7-5-11-25(28)31-29(37)17-16-24-23-10-4-6-12-27(23)38(33(24)31)22-14-15-26-30(20-22)39-34-32(26)35-18-19-36-34/h1-20H. The van der Waals surface area contributed by atoms with Crippen molar-refractivity contribution in [1.82, 2.24) is 19.1 Å². The summed E-state index contributed by atoms with van der Waals surface area (Å²) >= 11 is 0. The van der Waals surface area contributed by atoms with Crippen LogP contribution in [0.15, 0.2) is 126 Å². The number of hydrogen-bond donors (Lipinski definition) is 0. The molecule has 9 aromatic rings. The minimum atomic E-state index is 0.556. The molecule has 0 unspecified atom stereocenters. The van der Waals surface area contributed by atoms with Crippen molar-refractivity contribution >= 4 is 65.8 Å². The van der Waals surface area contributed by atoms with Crippen LogP contribution in [-0.4, -0.2) is 19.1 Å². The zero-order valence-electron chi connectivity index (χ0n) is 20.7. The molecule has 0 saturated carbocycles. The van der Waals surface area contributed by atoms with Gasteiger partial charge in [0, 0.05) is 56.8 Å². The fourth-order valence-corrected chi connectivity index (χ4v) is 6.25. The normalized spacial score (nSPS) is 12.1. The van der Waals surface area contributed by atoms with Gasteiger partial charge in [0.05, 0.1) is 22.1 Å². The van der Waals surface area contributed by atoms with Crippen LogP contribution < -0.4 is 0 Å². The first-order chi connectivity index (χ1) is 19.4. The molecule has 5 heteroatoms. The van der Waals surface area contributed by atoms with E-state index in [0.29, 0.717) is 5.71 Å². The van der Waals surface area contributed by atoms with Crippen LogP contribution >= 0.6 is 0 Å². The van der Waals surface area contributed by atoms with Gasteiger partial charge in [0.2, 0.25) is 5.71 Å². The van der Waals surface area contributed by atoms with E-state index in [4.69, 9.17) is 4.42 Å². The summed E-state index contributed by atoms with van der Waals surface area (Å²) in [6.07, 6.45) is 3.37. The summed E-state index contributed by atoms with van der Waals surface area (Å²) in [5.74, 6) is 0. The largest absolute Gasteiger partial charge is 0.436 e. The number of para-hydroxylation sites is 3. The van der Waals surface area contributed by atoms with E-state index >= 15 is 0 Å². The van der Waals surface area contributed by atoms with Crippen LogP contribution in [0.25, 0.3) is 77.2 Å². The first-order valence-corrected chi connectivity index (χ1v) is 13.0. The maximum absolute atomic E-state index is 6.14. The van der Waals surface area contributed by atoms with Crippen LogP contribution in [0.4, 0.5) is 0 Å². The molecule has 0 atom stereocenters. The third-order valence-electron chi connectivity index (χ3n) is 7.83. The highest BCUT2D eigenvalue weighted by atomic mass is 16.3. The lowest BCUT2D eigenvalue weighted by molar-refractivity contribution is 0.652. The van der Waals surface area contributed by atoms with Crippen molar-refractivity contribution in [2.45, 2.75) is 0 Å². The monoisotopic (exact) mass is 500 g/mol. The Morgan fingerprint density at radius 3 is 2.10 bits per heavy atom. The molecule has 0 radical (unpaired) electrons. The summed E-state index contributed by atoms with van der Waals surface area (Å²) in [6, 6.07) is 38.8. The molecule has 9 rings (SSSR count). The molecule has 0 N–H and O–H groups in total. The summed E-state index contributed by atoms with van der Waals surface area (Å²) in [6.45, 7) is 0. The number of rotatable bonds is 2. The highest BCUT2D eigenvalue weighted by Crippen LogP contribution is 2.42. The molecule has 4 aromatic heterocycles. The number of aromatic nitrogens is 4. The van der Waals surface area contributed by atoms with Crippen molar-refractivity contribution in [1.29, 1.82) is 0 Å². The van der Waals surface area contributed by atoms with E-state index in [1.807, 2.05) is 0 Å². The van der Waals surface area contributed by atoms with Gasteiger partial charge >= 0.3 is 0 Å². The van der Waals surface area contributed by atoms with Crippen LogP contribution in [0.1, 0.15) is 0 Å². The fourth-order valence-electron chi connectivity index (χ4n) is 6.25. The van der Waals surface area contributed by atoms with E-state index in [0.717, 1.165) is 33.4 Å². The van der Waals surface area contributed by atoms with E-state index < -0.39 is 0 Å². The lowest BCUT2D eigenvalue weighted by atomic mass is 10.1. The SMILES string of the molecule is c1ccc(-n2c3ccccc3c3c2ccc2c4ccccc4n(-c4ccc5c(c4)oc4nccnc45)c23)cc1. The Labute approximate surface area is 222 Å². The van der Waals surface area contributed by atoms with Crippen molar-refractivity contribution in [2.24, 2.45) is 0 Å². The topological polar surface area (TPSA) is 48.8 Å². The van der Waals surface area contributed by atoms with Crippen LogP contribution in [0, 0.1) is 0 Å². The lowest BCUT2D eigenvalue weighted by Gasteiger charge is -2.10. The lowest BCUT2D eigenvalue weighted by Crippen LogP contribution is -1.95. The second kappa shape index (κ2) is 7.55. The predicted octanol–water partition coefficient (Wildman–Crippen LogP) is 8.57. The molecular formula is C34H20N4O. The van der Waals surface area contributed by atoms with E-state index in [1.165, 1.54) is 38.1 Å². The van der Waals surface area contributed by atoms with Crippen LogP contribution in [0.3, 0.4) is 0 Å². The third kappa shape index (κ3) is 2.73. The van der Waals surface area contributed by atoms with Gasteiger partial charge in [-0.3, -0.25) is 0 Å². The number of furan rings is 1. The van der Waals surface area contributed by atoms with Gasteiger partial charge in [0.1, 0.15) is 11.1 Å². The summed E-state index contributed by atoms with van der Waals surface area (Å²) < 4.78 is 10.9. The fraction of sp³-hybridized carbons (Fsp3) is 0. The molecule has 0 amide bonds. The molecule has 0 aliphatic rings. The molecule has 182 valence electrons. The van der Waals surface area contributed by atoms with Crippen molar-refractivity contribution in [3.63, 3.8) is 0 Å². The van der Waals surface area contributed by atoms with Crippen molar-refractivity contribution < 1.29 is 4.42 Å². The van der Waals surface area contributed by atoms with Crippen LogP contribution in [0.2, 0.25) is 0 Å². The van der Waals surface area contributed by atoms with Crippen molar-refractivity contribution in [3.05, 3.63) is 122 Å². The van der Waals surface area contributed by atoms with Gasteiger partial charge in [-0.05, 0) is 42.5 Å². The quantitative estimate of drug-likeness (QED) is 0.239. The molecule has 5 aromatic carbocycles. The van der Waals surface area contributed by atoms with Gasteiger partial charge in [-0.1, -0.05) is 60.7 Å². The Balaban J connectivity index is 1.47. The average Bonchev–Trinajstić information content (AvgIpc) is 3.64. The van der Waals surface area contributed by atoms with E-state index in [9.17, 15) is 0 Å². The second-order valence-corrected chi connectivity index (χ2v) is 9.89. The molecule has 4 heterocycles. The molecule has 0 bridgehead atoms. The zero-order valence-corrected chi connectivity index (χ0v) is 20.7. The second-order valence-electron chi connectivity index (χ2n) is 9.89. The van der Waals surface area contributed by atoms with Gasteiger partial charge in [-0.25, -0.2) is 9.97 Å². The Bertz CT molecular complexity index is 2390. The molecule has 0 fully saturated rings. The Kier molecular flexibility index (Phi) is 3.99. The zero-order chi connectivity index (χ0) is 25.5. The first kappa shape index (κ1) is 20.6. The number of hydrogen-bond acceptors (Lipinski definition) is 3. The average molecular weight is 501 g/mol. The first-order valence-electron chi connectivity index (χ1n) is 13.0. The maximum atomic E-state index is 6.14. The summed E-state index contributed by atoms with van der Waals surface area (Å²) in [7, 11) is 0. The summed E-state index contributed by atoms with van der Waals surface area (Å²) in [5.41, 5.74) is 9.01. The molecule has 0 aliphatic carbocycles. The molecular weight excluding hydrogens is 480 g/mol. The minimum absolute atomic E-state index is 0.556. The minimum Gasteiger partial charge on any atom is -0.436 e. The smallest absolute Gasteiger partial charge is 0.246 e. The number of fused-ring (bicyclic) bond motifs is 10. The Hall–Kier alpha value is -5.42.